The Morgan fingerprint density at radius 1 is 0.468 bits per heavy atom. The van der Waals surface area contributed by atoms with Gasteiger partial charge in [-0.2, -0.15) is 0 Å². The average molecular weight is 1090 g/mol. The number of carbonyl (C=O) groups is 2. The number of ether oxygens (including phenoxy) is 1. The van der Waals surface area contributed by atoms with Crippen molar-refractivity contribution in [3.63, 3.8) is 0 Å². The van der Waals surface area contributed by atoms with E-state index in [0.717, 1.165) is 109 Å². The Bertz CT molecular complexity index is 1730. The van der Waals surface area contributed by atoms with Crippen molar-refractivity contribution in [2.24, 2.45) is 0 Å². The van der Waals surface area contributed by atoms with E-state index in [-0.39, 0.29) is 31.3 Å². The van der Waals surface area contributed by atoms with Crippen molar-refractivity contribution in [2.45, 2.75) is 251 Å². The third kappa shape index (κ3) is 56.9. The van der Waals surface area contributed by atoms with E-state index in [9.17, 15) is 19.0 Å². The molecule has 0 aromatic rings. The molecule has 9 nitrogen and oxygen atoms in total. The van der Waals surface area contributed by atoms with Crippen LogP contribution in [0.15, 0.2) is 122 Å². The van der Waals surface area contributed by atoms with Gasteiger partial charge in [-0.25, -0.2) is 0 Å². The third-order valence-corrected chi connectivity index (χ3v) is 13.8. The van der Waals surface area contributed by atoms with Crippen LogP contribution in [0.1, 0.15) is 239 Å². The molecule has 0 aromatic heterocycles. The van der Waals surface area contributed by atoms with Crippen LogP contribution in [0, 0.1) is 0 Å². The molecule has 0 saturated heterocycles. The molecule has 0 fully saturated rings. The quantitative estimate of drug-likeness (QED) is 0.0212. The summed E-state index contributed by atoms with van der Waals surface area (Å²) < 4.78 is 30.3. The Hall–Kier alpha value is -3.59. The summed E-state index contributed by atoms with van der Waals surface area (Å²) in [7, 11) is 1.13. The third-order valence-electron chi connectivity index (χ3n) is 12.9. The van der Waals surface area contributed by atoms with Crippen LogP contribution in [0.3, 0.4) is 0 Å². The Morgan fingerprint density at radius 2 is 0.831 bits per heavy atom. The van der Waals surface area contributed by atoms with Gasteiger partial charge in [-0.05, 0) is 122 Å². The molecule has 0 spiro atoms. The van der Waals surface area contributed by atoms with E-state index < -0.39 is 26.6 Å². The Morgan fingerprint density at radius 3 is 1.27 bits per heavy atom. The minimum absolute atomic E-state index is 0.0411. The molecule has 77 heavy (non-hydrogen) atoms. The predicted octanol–water partition coefficient (Wildman–Crippen LogP) is 18.5. The molecule has 1 amide bonds. The minimum Gasteiger partial charge on any atom is -0.756 e. The predicted molar refractivity (Wildman–Crippen MR) is 330 cm³/mol. The fraction of sp³-hybridized carbons (Fsp3) is 0.672. The first kappa shape index (κ1) is 73.4. The number of esters is 1. The summed E-state index contributed by atoms with van der Waals surface area (Å²) in [4.78, 5) is 40.0. The van der Waals surface area contributed by atoms with E-state index in [0.29, 0.717) is 23.9 Å². The number of nitrogens with one attached hydrogen (secondary N) is 1. The van der Waals surface area contributed by atoms with E-state index in [2.05, 4.69) is 135 Å². The second-order valence-corrected chi connectivity index (χ2v) is 22.9. The van der Waals surface area contributed by atoms with Gasteiger partial charge in [-0.1, -0.05) is 226 Å². The summed E-state index contributed by atoms with van der Waals surface area (Å²) in [6.07, 6.45) is 77.3. The van der Waals surface area contributed by atoms with Crippen LogP contribution < -0.4 is 10.2 Å². The lowest BCUT2D eigenvalue weighted by molar-refractivity contribution is -0.870. The smallest absolute Gasteiger partial charge is 0.306 e. The summed E-state index contributed by atoms with van der Waals surface area (Å²) in [6.45, 7) is 6.64. The number of hydrogen-bond acceptors (Lipinski definition) is 7. The molecule has 0 radical (unpaired) electrons. The Labute approximate surface area is 473 Å². The lowest BCUT2D eigenvalue weighted by atomic mass is 10.0. The molecule has 0 aliphatic heterocycles. The first-order valence-corrected chi connectivity index (χ1v) is 32.3. The van der Waals surface area contributed by atoms with Crippen molar-refractivity contribution in [1.29, 1.82) is 0 Å². The molecule has 3 unspecified atom stereocenters. The van der Waals surface area contributed by atoms with E-state index in [1.54, 1.807) is 0 Å². The molecular formula is C67H115N2O7P. The maximum atomic E-state index is 13.5. The van der Waals surface area contributed by atoms with Gasteiger partial charge in [0.1, 0.15) is 19.3 Å². The van der Waals surface area contributed by atoms with Gasteiger partial charge in [0.2, 0.25) is 5.91 Å². The molecular weight excluding hydrogens is 976 g/mol. The fourth-order valence-electron chi connectivity index (χ4n) is 8.12. The maximum absolute atomic E-state index is 13.5. The van der Waals surface area contributed by atoms with Crippen molar-refractivity contribution in [1.82, 2.24) is 5.32 Å². The van der Waals surface area contributed by atoms with Crippen LogP contribution in [0.5, 0.6) is 0 Å². The number of rotatable bonds is 54. The number of hydrogen-bond donors (Lipinski definition) is 1. The number of phosphoric acid groups is 1. The zero-order valence-electron chi connectivity index (χ0n) is 50.1. The normalized spacial score (nSPS) is 14.5. The van der Waals surface area contributed by atoms with Crippen molar-refractivity contribution in [3.05, 3.63) is 122 Å². The zero-order valence-corrected chi connectivity index (χ0v) is 51.0. The summed E-state index contributed by atoms with van der Waals surface area (Å²) >= 11 is 0. The molecule has 0 aliphatic rings. The molecule has 0 rings (SSSR count). The highest BCUT2D eigenvalue weighted by Gasteiger charge is 2.27. The van der Waals surface area contributed by atoms with Crippen LogP contribution in [0.4, 0.5) is 0 Å². The SMILES string of the molecule is CC/C=C\C/C=C\C/C=C\C/C=C\C/C=C\CCCCCC(=O)NC(COP(=O)([O-])OCC[N+](C)(C)C)C(/C=C/CCCCCCCCCCCCC)OC(=O)CCCCC/C=C\C/C=C\C/C=C\C/C=C\CCCCC. The lowest BCUT2D eigenvalue weighted by Gasteiger charge is -2.30. The Balaban J connectivity index is 5.44. The second kappa shape index (κ2) is 55.7. The first-order valence-electron chi connectivity index (χ1n) is 30.8. The highest BCUT2D eigenvalue weighted by atomic mass is 31.2. The number of nitrogens with zero attached hydrogens (tertiary/aromatic N) is 1. The number of allylic oxidation sites excluding steroid dienone is 19. The Kier molecular flexibility index (Phi) is 53.1. The topological polar surface area (TPSA) is 114 Å². The molecule has 3 atom stereocenters. The van der Waals surface area contributed by atoms with E-state index in [1.807, 2.05) is 33.3 Å². The zero-order chi connectivity index (χ0) is 56.4. The summed E-state index contributed by atoms with van der Waals surface area (Å²) in [5.41, 5.74) is 0. The summed E-state index contributed by atoms with van der Waals surface area (Å²) in [6, 6.07) is -0.928. The largest absolute Gasteiger partial charge is 0.756 e. The van der Waals surface area contributed by atoms with Crippen LogP contribution in [0.25, 0.3) is 0 Å². The summed E-state index contributed by atoms with van der Waals surface area (Å²) in [5.74, 6) is -0.623. The molecule has 0 bridgehead atoms. The van der Waals surface area contributed by atoms with Gasteiger partial charge < -0.3 is 28.5 Å². The maximum Gasteiger partial charge on any atom is 0.306 e. The molecule has 0 aliphatic carbocycles. The summed E-state index contributed by atoms with van der Waals surface area (Å²) in [5, 5.41) is 3.00. The molecule has 1 N–H and O–H groups in total. The number of phosphoric ester groups is 1. The van der Waals surface area contributed by atoms with Crippen molar-refractivity contribution < 1.29 is 37.3 Å². The number of unbranched alkanes of at least 4 members (excludes halogenated alkanes) is 20. The fourth-order valence-corrected chi connectivity index (χ4v) is 8.84. The van der Waals surface area contributed by atoms with Gasteiger partial charge in [0.25, 0.3) is 7.82 Å². The highest BCUT2D eigenvalue weighted by molar-refractivity contribution is 7.45. The van der Waals surface area contributed by atoms with Crippen molar-refractivity contribution in [3.8, 4) is 0 Å². The van der Waals surface area contributed by atoms with E-state index in [4.69, 9.17) is 13.8 Å². The van der Waals surface area contributed by atoms with Crippen molar-refractivity contribution >= 4 is 19.7 Å². The number of amides is 1. The standard InChI is InChI=1S/C67H115N2O7P/c1-7-10-13-16-19-22-25-28-30-32-34-36-38-41-44-47-50-53-56-59-66(70)68-64(63-75-77(72,73)74-62-61-69(4,5)6)65(58-55-52-49-46-43-40-27-24-21-18-15-12-9-3)76-67(71)60-57-54-51-48-45-42-39-37-35-33-31-29-26-23-20-17-14-11-8-2/h10,13,19-20,22-23,28-31,34-37,41-42,44-45,55,58,64-65H,7-9,11-12,14-18,21,24-27,32-33,38-40,43,46-54,56-57,59-63H2,1-6H3,(H-,68,70,72,73)/b13-10-,22-19-,23-20-,30-28-,31-29-,36-34-,37-35-,44-41-,45-42-,58-55+. The molecule has 10 heteroatoms. The van der Waals surface area contributed by atoms with Crippen molar-refractivity contribution in [2.75, 3.05) is 40.9 Å². The highest BCUT2D eigenvalue weighted by Crippen LogP contribution is 2.38. The molecule has 0 aromatic carbocycles. The van der Waals surface area contributed by atoms with Crippen LogP contribution in [-0.4, -0.2) is 69.4 Å². The van der Waals surface area contributed by atoms with Crippen LogP contribution in [0.2, 0.25) is 0 Å². The second-order valence-electron chi connectivity index (χ2n) is 21.5. The molecule has 440 valence electrons. The van der Waals surface area contributed by atoms with Gasteiger partial charge in [0.05, 0.1) is 33.8 Å². The number of carbonyl (C=O) groups excluding carboxylic acids is 2. The van der Waals surface area contributed by atoms with Gasteiger partial charge in [0.15, 0.2) is 0 Å². The molecule has 0 heterocycles. The lowest BCUT2D eigenvalue weighted by Crippen LogP contribution is -2.47. The van der Waals surface area contributed by atoms with Crippen LogP contribution in [-0.2, 0) is 27.9 Å². The van der Waals surface area contributed by atoms with E-state index in [1.165, 1.54) is 83.5 Å². The molecule has 0 saturated carbocycles. The number of likely N-dealkylation sites (N-methyl/N-ethyl adjacent to an activating group) is 1. The minimum atomic E-state index is -4.72. The monoisotopic (exact) mass is 1090 g/mol. The van der Waals surface area contributed by atoms with Gasteiger partial charge in [0, 0.05) is 12.8 Å². The van der Waals surface area contributed by atoms with Crippen LogP contribution >= 0.6 is 7.82 Å². The average Bonchev–Trinajstić information content (AvgIpc) is 3.39. The van der Waals surface area contributed by atoms with E-state index >= 15 is 0 Å². The first-order chi connectivity index (χ1) is 37.4. The van der Waals surface area contributed by atoms with Gasteiger partial charge >= 0.3 is 5.97 Å². The van der Waals surface area contributed by atoms with Gasteiger partial charge in [-0.15, -0.1) is 0 Å². The number of quaternary nitrogens is 1. The van der Waals surface area contributed by atoms with Gasteiger partial charge in [-0.3, -0.25) is 14.2 Å².